The summed E-state index contributed by atoms with van der Waals surface area (Å²) in [6.45, 7) is 5.01. The molecule has 1 aliphatic heterocycles. The third-order valence-electron chi connectivity index (χ3n) is 4.09. The van der Waals surface area contributed by atoms with Gasteiger partial charge in [0.05, 0.1) is 4.90 Å². The number of amides is 1. The summed E-state index contributed by atoms with van der Waals surface area (Å²) in [4.78, 5) is 12.5. The van der Waals surface area contributed by atoms with Crippen molar-refractivity contribution in [2.75, 3.05) is 13.1 Å². The largest absolute Gasteiger partial charge is 0.444 e. The Morgan fingerprint density at radius 1 is 1.19 bits per heavy atom. The van der Waals surface area contributed by atoms with Crippen LogP contribution >= 0.6 is 0 Å². The van der Waals surface area contributed by atoms with Gasteiger partial charge in [-0.25, -0.2) is 17.6 Å². The fourth-order valence-electron chi connectivity index (χ4n) is 2.74. The summed E-state index contributed by atoms with van der Waals surface area (Å²) < 4.78 is 72.3. The van der Waals surface area contributed by atoms with E-state index in [4.69, 9.17) is 4.74 Å². The third kappa shape index (κ3) is 4.31. The maximum atomic E-state index is 14.7. The number of nitrogens with zero attached hydrogens (tertiary/aromatic N) is 1. The SMILES string of the molecule is CC(C)(C)OC(=O)N1CCC(C(F)(F)S(=O)(=O)c2cccc(F)c2)CC1. The topological polar surface area (TPSA) is 63.7 Å². The van der Waals surface area contributed by atoms with E-state index in [9.17, 15) is 26.4 Å². The summed E-state index contributed by atoms with van der Waals surface area (Å²) in [6, 6.07) is 3.58. The molecule has 1 aliphatic rings. The first-order valence-electron chi connectivity index (χ1n) is 8.20. The van der Waals surface area contributed by atoms with Gasteiger partial charge in [0.2, 0.25) is 9.84 Å². The maximum Gasteiger partial charge on any atom is 0.410 e. The number of alkyl halides is 2. The number of piperidine rings is 1. The van der Waals surface area contributed by atoms with Crippen LogP contribution in [0.3, 0.4) is 0 Å². The quantitative estimate of drug-likeness (QED) is 0.783. The second-order valence-electron chi connectivity index (χ2n) is 7.26. The zero-order chi connectivity index (χ0) is 19.8. The van der Waals surface area contributed by atoms with Gasteiger partial charge in [-0.3, -0.25) is 0 Å². The maximum absolute atomic E-state index is 14.7. The van der Waals surface area contributed by atoms with Crippen molar-refractivity contribution in [3.63, 3.8) is 0 Å². The summed E-state index contributed by atoms with van der Waals surface area (Å²) in [5.74, 6) is -2.36. The van der Waals surface area contributed by atoms with Gasteiger partial charge in [-0.2, -0.15) is 8.78 Å². The average Bonchev–Trinajstić information content (AvgIpc) is 2.53. The van der Waals surface area contributed by atoms with E-state index in [0.717, 1.165) is 18.2 Å². The molecule has 2 rings (SSSR count). The number of benzene rings is 1. The van der Waals surface area contributed by atoms with E-state index in [0.29, 0.717) is 6.07 Å². The fourth-order valence-corrected chi connectivity index (χ4v) is 4.25. The van der Waals surface area contributed by atoms with Crippen LogP contribution in [-0.2, 0) is 14.6 Å². The highest BCUT2D eigenvalue weighted by atomic mass is 32.2. The van der Waals surface area contributed by atoms with E-state index in [1.807, 2.05) is 0 Å². The number of carbonyl (C=O) groups is 1. The van der Waals surface area contributed by atoms with Gasteiger partial charge in [-0.05, 0) is 51.8 Å². The molecule has 1 aromatic rings. The molecule has 26 heavy (non-hydrogen) atoms. The standard InChI is InChI=1S/C17H22F3NO4S/c1-16(2,3)25-15(22)21-9-7-12(8-10-21)17(19,20)26(23,24)14-6-4-5-13(18)11-14/h4-6,11-12H,7-10H2,1-3H3. The Kier molecular flexibility index (Phi) is 5.60. The van der Waals surface area contributed by atoms with Gasteiger partial charge in [-0.15, -0.1) is 0 Å². The minimum atomic E-state index is -5.04. The molecular weight excluding hydrogens is 371 g/mol. The highest BCUT2D eigenvalue weighted by Crippen LogP contribution is 2.41. The van der Waals surface area contributed by atoms with Crippen LogP contribution in [0.1, 0.15) is 33.6 Å². The molecule has 1 heterocycles. The lowest BCUT2D eigenvalue weighted by Gasteiger charge is -2.36. The van der Waals surface area contributed by atoms with Gasteiger partial charge in [0, 0.05) is 19.0 Å². The molecule has 1 amide bonds. The normalized spacial score (nSPS) is 17.2. The van der Waals surface area contributed by atoms with Gasteiger partial charge >= 0.3 is 11.3 Å². The zero-order valence-electron chi connectivity index (χ0n) is 14.8. The molecule has 0 radical (unpaired) electrons. The highest BCUT2D eigenvalue weighted by molar-refractivity contribution is 7.92. The second kappa shape index (κ2) is 7.09. The van der Waals surface area contributed by atoms with Crippen LogP contribution in [0, 0.1) is 11.7 Å². The van der Waals surface area contributed by atoms with E-state index < -0.39 is 43.4 Å². The number of hydrogen-bond donors (Lipinski definition) is 0. The molecule has 0 bridgehead atoms. The van der Waals surface area contributed by atoms with Crippen LogP contribution < -0.4 is 0 Å². The van der Waals surface area contributed by atoms with Crippen LogP contribution in [0.2, 0.25) is 0 Å². The van der Waals surface area contributed by atoms with Gasteiger partial charge in [-0.1, -0.05) is 6.07 Å². The Morgan fingerprint density at radius 3 is 2.27 bits per heavy atom. The van der Waals surface area contributed by atoms with Gasteiger partial charge in [0.25, 0.3) is 0 Å². The predicted octanol–water partition coefficient (Wildman–Crippen LogP) is 3.84. The van der Waals surface area contributed by atoms with Crippen molar-refractivity contribution in [2.45, 2.75) is 49.4 Å². The summed E-state index contributed by atoms with van der Waals surface area (Å²) in [5, 5.41) is -4.05. The lowest BCUT2D eigenvalue weighted by atomic mass is 9.97. The zero-order valence-corrected chi connectivity index (χ0v) is 15.7. The molecule has 0 atom stereocenters. The van der Waals surface area contributed by atoms with Crippen molar-refractivity contribution >= 4 is 15.9 Å². The fraction of sp³-hybridized carbons (Fsp3) is 0.588. The summed E-state index contributed by atoms with van der Waals surface area (Å²) in [7, 11) is -5.04. The molecule has 0 aromatic heterocycles. The lowest BCUT2D eigenvalue weighted by Crippen LogP contribution is -2.47. The molecule has 5 nitrogen and oxygen atoms in total. The van der Waals surface area contributed by atoms with Crippen LogP contribution in [0.5, 0.6) is 0 Å². The number of ether oxygens (including phenoxy) is 1. The van der Waals surface area contributed by atoms with Gasteiger partial charge in [0.1, 0.15) is 11.4 Å². The molecule has 1 saturated heterocycles. The van der Waals surface area contributed by atoms with Gasteiger partial charge in [0.15, 0.2) is 0 Å². The summed E-state index contributed by atoms with van der Waals surface area (Å²) in [6.07, 6.45) is -1.01. The second-order valence-corrected chi connectivity index (χ2v) is 9.29. The lowest BCUT2D eigenvalue weighted by molar-refractivity contribution is -0.0178. The Hall–Kier alpha value is -1.77. The molecular formula is C17H22F3NO4S. The van der Waals surface area contributed by atoms with Crippen molar-refractivity contribution in [1.82, 2.24) is 4.90 Å². The van der Waals surface area contributed by atoms with E-state index in [1.165, 1.54) is 4.90 Å². The number of hydrogen-bond acceptors (Lipinski definition) is 4. The molecule has 0 spiro atoms. The number of rotatable bonds is 3. The van der Waals surface area contributed by atoms with E-state index >= 15 is 0 Å². The third-order valence-corrected chi connectivity index (χ3v) is 6.01. The molecule has 1 fully saturated rings. The Balaban J connectivity index is 2.11. The van der Waals surface area contributed by atoms with Crippen molar-refractivity contribution in [1.29, 1.82) is 0 Å². The van der Waals surface area contributed by atoms with Crippen molar-refractivity contribution < 1.29 is 31.1 Å². The van der Waals surface area contributed by atoms with Crippen LogP contribution in [0.4, 0.5) is 18.0 Å². The van der Waals surface area contributed by atoms with Crippen LogP contribution in [0.25, 0.3) is 0 Å². The average molecular weight is 393 g/mol. The monoisotopic (exact) mass is 393 g/mol. The Bertz CT molecular complexity index is 766. The summed E-state index contributed by atoms with van der Waals surface area (Å²) in [5.41, 5.74) is -0.710. The first kappa shape index (κ1) is 20.5. The van der Waals surface area contributed by atoms with E-state index in [-0.39, 0.29) is 25.9 Å². The van der Waals surface area contributed by atoms with E-state index in [1.54, 1.807) is 20.8 Å². The molecule has 0 N–H and O–H groups in total. The summed E-state index contributed by atoms with van der Waals surface area (Å²) >= 11 is 0. The van der Waals surface area contributed by atoms with Crippen LogP contribution in [0.15, 0.2) is 29.2 Å². The van der Waals surface area contributed by atoms with Crippen molar-refractivity contribution in [3.8, 4) is 0 Å². The Labute approximate surface area is 151 Å². The molecule has 0 saturated carbocycles. The van der Waals surface area contributed by atoms with Crippen molar-refractivity contribution in [2.24, 2.45) is 5.92 Å². The Morgan fingerprint density at radius 2 is 1.77 bits per heavy atom. The minimum absolute atomic E-state index is 0.0339. The number of carbonyl (C=O) groups excluding carboxylic acids is 1. The number of likely N-dealkylation sites (tertiary alicyclic amines) is 1. The molecule has 0 aliphatic carbocycles. The van der Waals surface area contributed by atoms with Crippen LogP contribution in [-0.4, -0.2) is 43.4 Å². The van der Waals surface area contributed by atoms with E-state index in [2.05, 4.69) is 0 Å². The first-order chi connectivity index (χ1) is 11.8. The number of halogens is 3. The molecule has 0 unspecified atom stereocenters. The highest BCUT2D eigenvalue weighted by Gasteiger charge is 2.53. The van der Waals surface area contributed by atoms with Crippen molar-refractivity contribution in [3.05, 3.63) is 30.1 Å². The number of sulfone groups is 1. The first-order valence-corrected chi connectivity index (χ1v) is 9.69. The molecule has 9 heteroatoms. The van der Waals surface area contributed by atoms with Gasteiger partial charge < -0.3 is 9.64 Å². The predicted molar refractivity (Wildman–Crippen MR) is 89.1 cm³/mol. The molecule has 1 aromatic carbocycles. The minimum Gasteiger partial charge on any atom is -0.444 e. The molecule has 146 valence electrons. The smallest absolute Gasteiger partial charge is 0.410 e.